The average molecular weight is 403 g/mol. The zero-order valence-corrected chi connectivity index (χ0v) is 16.7. The maximum Gasteiger partial charge on any atom is 0.329 e. The maximum atomic E-state index is 13.4. The van der Waals surface area contributed by atoms with Gasteiger partial charge in [0.15, 0.2) is 0 Å². The molecule has 0 unspecified atom stereocenters. The minimum Gasteiger partial charge on any atom is -0.480 e. The molecule has 1 aliphatic carbocycles. The van der Waals surface area contributed by atoms with Gasteiger partial charge in [0.25, 0.3) is 5.56 Å². The highest BCUT2D eigenvalue weighted by Crippen LogP contribution is 2.35. The molecular formula is C20H19ClN2O3S. The van der Waals surface area contributed by atoms with Crippen LogP contribution in [0.2, 0.25) is 5.02 Å². The number of hydrogen-bond donors (Lipinski definition) is 1. The van der Waals surface area contributed by atoms with Crippen molar-refractivity contribution in [2.75, 3.05) is 0 Å². The number of fused-ring (bicyclic) bond motifs is 3. The molecular weight excluding hydrogens is 384 g/mol. The van der Waals surface area contributed by atoms with Crippen LogP contribution >= 0.6 is 22.9 Å². The van der Waals surface area contributed by atoms with Crippen molar-refractivity contribution in [3.63, 3.8) is 0 Å². The Morgan fingerprint density at radius 2 is 2.15 bits per heavy atom. The fourth-order valence-corrected chi connectivity index (χ4v) is 5.19. The largest absolute Gasteiger partial charge is 0.480 e. The van der Waals surface area contributed by atoms with Crippen LogP contribution in [0.15, 0.2) is 29.1 Å². The van der Waals surface area contributed by atoms with Crippen LogP contribution in [0.5, 0.6) is 0 Å². The lowest BCUT2D eigenvalue weighted by Crippen LogP contribution is -2.45. The molecule has 1 N–H and O–H groups in total. The highest BCUT2D eigenvalue weighted by atomic mass is 35.5. The smallest absolute Gasteiger partial charge is 0.329 e. The van der Waals surface area contributed by atoms with E-state index in [1.165, 1.54) is 23.3 Å². The summed E-state index contributed by atoms with van der Waals surface area (Å²) in [6, 6.07) is 7.32. The van der Waals surface area contributed by atoms with Gasteiger partial charge in [-0.05, 0) is 56.4 Å². The van der Waals surface area contributed by atoms with E-state index in [1.807, 2.05) is 18.2 Å². The Morgan fingerprint density at radius 1 is 1.37 bits per heavy atom. The second-order valence-electron chi connectivity index (χ2n) is 7.38. The molecule has 4 rings (SSSR count). The van der Waals surface area contributed by atoms with Crippen molar-refractivity contribution < 1.29 is 9.90 Å². The molecule has 0 aliphatic heterocycles. The lowest BCUT2D eigenvalue weighted by atomic mass is 10.0. The number of thiophene rings is 1. The van der Waals surface area contributed by atoms with E-state index in [4.69, 9.17) is 16.6 Å². The molecule has 0 fully saturated rings. The number of aromatic nitrogens is 2. The first-order valence-corrected chi connectivity index (χ1v) is 10.0. The lowest BCUT2D eigenvalue weighted by Gasteiger charge is -2.25. The van der Waals surface area contributed by atoms with Crippen molar-refractivity contribution in [1.82, 2.24) is 9.55 Å². The van der Waals surface area contributed by atoms with E-state index in [-0.39, 0.29) is 5.56 Å². The zero-order chi connectivity index (χ0) is 19.3. The van der Waals surface area contributed by atoms with Gasteiger partial charge in [-0.25, -0.2) is 9.78 Å². The fourth-order valence-electron chi connectivity index (χ4n) is 3.71. The van der Waals surface area contributed by atoms with Gasteiger partial charge in [-0.1, -0.05) is 23.7 Å². The number of carbonyl (C=O) groups is 1. The summed E-state index contributed by atoms with van der Waals surface area (Å²) >= 11 is 7.65. The lowest BCUT2D eigenvalue weighted by molar-refractivity contribution is -0.146. The van der Waals surface area contributed by atoms with E-state index in [1.54, 1.807) is 17.4 Å². The van der Waals surface area contributed by atoms with Crippen LogP contribution in [0.3, 0.4) is 0 Å². The minimum atomic E-state index is -1.40. The predicted octanol–water partition coefficient (Wildman–Crippen LogP) is 4.01. The maximum absolute atomic E-state index is 13.4. The summed E-state index contributed by atoms with van der Waals surface area (Å²) in [5.41, 5.74) is 0.271. The summed E-state index contributed by atoms with van der Waals surface area (Å²) in [5, 5.41) is 11.0. The Bertz CT molecular complexity index is 1130. The van der Waals surface area contributed by atoms with Gasteiger partial charge in [0, 0.05) is 16.3 Å². The van der Waals surface area contributed by atoms with E-state index in [9.17, 15) is 14.7 Å². The zero-order valence-electron chi connectivity index (χ0n) is 15.1. The van der Waals surface area contributed by atoms with Crippen molar-refractivity contribution in [2.24, 2.45) is 0 Å². The number of carboxylic acids is 1. The Hall–Kier alpha value is -2.18. The standard InChI is InChI=1S/C20H19ClN2O3S/c1-20(2,19(25)26)23-15(10-11-5-3-6-12(21)9-11)22-17-16(18(23)24)13-7-4-8-14(13)27-17/h3,5-6,9H,4,7-8,10H2,1-2H3,(H,25,26). The van der Waals surface area contributed by atoms with Gasteiger partial charge < -0.3 is 5.11 Å². The van der Waals surface area contributed by atoms with Gasteiger partial charge in [-0.2, -0.15) is 0 Å². The summed E-state index contributed by atoms with van der Waals surface area (Å²) in [6.07, 6.45) is 3.18. The molecule has 0 bridgehead atoms. The van der Waals surface area contributed by atoms with Crippen molar-refractivity contribution in [2.45, 2.75) is 45.1 Å². The van der Waals surface area contributed by atoms with Crippen molar-refractivity contribution >= 4 is 39.1 Å². The summed E-state index contributed by atoms with van der Waals surface area (Å²) < 4.78 is 1.35. The van der Waals surface area contributed by atoms with Gasteiger partial charge in [0.05, 0.1) is 5.39 Å². The number of nitrogens with zero attached hydrogens (tertiary/aromatic N) is 2. The second-order valence-corrected chi connectivity index (χ2v) is 8.90. The van der Waals surface area contributed by atoms with Gasteiger partial charge in [0.2, 0.25) is 0 Å². The normalized spacial score (nSPS) is 13.9. The van der Waals surface area contributed by atoms with Gasteiger partial charge in [-0.3, -0.25) is 9.36 Å². The van der Waals surface area contributed by atoms with E-state index in [0.717, 1.165) is 30.4 Å². The van der Waals surface area contributed by atoms with Crippen LogP contribution in [-0.2, 0) is 29.6 Å². The molecule has 7 heteroatoms. The van der Waals surface area contributed by atoms with Gasteiger partial charge >= 0.3 is 5.97 Å². The van der Waals surface area contributed by atoms with Gasteiger partial charge in [0.1, 0.15) is 16.2 Å². The summed E-state index contributed by atoms with van der Waals surface area (Å²) in [4.78, 5) is 32.0. The highest BCUT2D eigenvalue weighted by molar-refractivity contribution is 7.18. The number of hydrogen-bond acceptors (Lipinski definition) is 4. The predicted molar refractivity (Wildman–Crippen MR) is 107 cm³/mol. The molecule has 0 atom stereocenters. The minimum absolute atomic E-state index is 0.260. The van der Waals surface area contributed by atoms with Crippen molar-refractivity contribution in [1.29, 1.82) is 0 Å². The second kappa shape index (κ2) is 6.46. The molecule has 0 saturated carbocycles. The third kappa shape index (κ3) is 2.97. The molecule has 5 nitrogen and oxygen atoms in total. The molecule has 0 saturated heterocycles. The third-order valence-electron chi connectivity index (χ3n) is 5.14. The summed E-state index contributed by atoms with van der Waals surface area (Å²) in [6.45, 7) is 3.08. The van der Waals surface area contributed by atoms with Gasteiger partial charge in [-0.15, -0.1) is 11.3 Å². The topological polar surface area (TPSA) is 72.2 Å². The molecule has 27 heavy (non-hydrogen) atoms. The van der Waals surface area contributed by atoms with Crippen molar-refractivity contribution in [3.8, 4) is 0 Å². The molecule has 2 heterocycles. The Labute approximate surface area is 165 Å². The molecule has 1 aliphatic rings. The molecule has 0 spiro atoms. The van der Waals surface area contributed by atoms with E-state index in [2.05, 4.69) is 0 Å². The molecule has 3 aromatic rings. The molecule has 2 aromatic heterocycles. The number of benzene rings is 1. The van der Waals surface area contributed by atoms with Crippen LogP contribution in [0, 0.1) is 0 Å². The fraction of sp³-hybridized carbons (Fsp3) is 0.350. The van der Waals surface area contributed by atoms with Crippen LogP contribution in [0.1, 0.15) is 42.1 Å². The van der Waals surface area contributed by atoms with E-state index in [0.29, 0.717) is 27.5 Å². The monoisotopic (exact) mass is 402 g/mol. The number of aryl methyl sites for hydroxylation is 2. The Balaban J connectivity index is 1.99. The van der Waals surface area contributed by atoms with E-state index >= 15 is 0 Å². The third-order valence-corrected chi connectivity index (χ3v) is 6.56. The number of halogens is 1. The molecule has 0 radical (unpaired) electrons. The van der Waals surface area contributed by atoms with Crippen LogP contribution < -0.4 is 5.56 Å². The first-order chi connectivity index (χ1) is 12.8. The molecule has 0 amide bonds. The Kier molecular flexibility index (Phi) is 4.35. The van der Waals surface area contributed by atoms with Crippen molar-refractivity contribution in [3.05, 3.63) is 61.5 Å². The van der Waals surface area contributed by atoms with Crippen LogP contribution in [0.25, 0.3) is 10.2 Å². The number of carboxylic acid groups (broad SMARTS) is 1. The van der Waals surface area contributed by atoms with E-state index < -0.39 is 11.5 Å². The first kappa shape index (κ1) is 18.2. The van der Waals surface area contributed by atoms with Crippen LogP contribution in [0.4, 0.5) is 0 Å². The first-order valence-electron chi connectivity index (χ1n) is 8.83. The number of rotatable bonds is 4. The summed E-state index contributed by atoms with van der Waals surface area (Å²) in [5.74, 6) is -0.618. The average Bonchev–Trinajstić information content (AvgIpc) is 3.14. The number of aliphatic carboxylic acids is 1. The quantitative estimate of drug-likeness (QED) is 0.715. The highest BCUT2D eigenvalue weighted by Gasteiger charge is 2.35. The summed E-state index contributed by atoms with van der Waals surface area (Å²) in [7, 11) is 0. The molecule has 1 aromatic carbocycles. The van der Waals surface area contributed by atoms with Crippen LogP contribution in [-0.4, -0.2) is 20.6 Å². The Morgan fingerprint density at radius 3 is 2.85 bits per heavy atom. The SMILES string of the molecule is CC(C)(C(=O)O)n1c(Cc2cccc(Cl)c2)nc2sc3c(c2c1=O)CCC3. The molecule has 140 valence electrons.